The number of aliphatic hydroxyl groups is 1. The van der Waals surface area contributed by atoms with Gasteiger partial charge in [-0.25, -0.2) is 0 Å². The van der Waals surface area contributed by atoms with Crippen molar-refractivity contribution < 1.29 is 14.7 Å². The number of ketones is 2. The van der Waals surface area contributed by atoms with Gasteiger partial charge in [-0.2, -0.15) is 0 Å². The van der Waals surface area contributed by atoms with Gasteiger partial charge in [0.25, 0.3) is 0 Å². The molecular formula is C20H28O3. The maximum atomic E-state index is 12.7. The number of carbonyl (C=O) groups excluding carboxylic acids is 2. The number of aliphatic hydroxyl groups excluding tert-OH is 1. The van der Waals surface area contributed by atoms with Crippen LogP contribution >= 0.6 is 0 Å². The van der Waals surface area contributed by atoms with Gasteiger partial charge in [-0.1, -0.05) is 26.3 Å². The van der Waals surface area contributed by atoms with Crippen LogP contribution in [0.4, 0.5) is 0 Å². The zero-order valence-electron chi connectivity index (χ0n) is 14.5. The van der Waals surface area contributed by atoms with Crippen LogP contribution < -0.4 is 0 Å². The first-order valence-electron chi connectivity index (χ1n) is 9.24. The van der Waals surface area contributed by atoms with Crippen molar-refractivity contribution in [3.63, 3.8) is 0 Å². The van der Waals surface area contributed by atoms with Gasteiger partial charge in [-0.15, -0.1) is 0 Å². The Bertz CT molecular complexity index is 606. The third kappa shape index (κ3) is 1.86. The fourth-order valence-corrected chi connectivity index (χ4v) is 6.72. The molecule has 0 saturated heterocycles. The second-order valence-corrected chi connectivity index (χ2v) is 9.01. The van der Waals surface area contributed by atoms with E-state index in [0.717, 1.165) is 32.1 Å². The molecule has 7 atom stereocenters. The summed E-state index contributed by atoms with van der Waals surface area (Å²) in [5.41, 5.74) is 0.768. The minimum absolute atomic E-state index is 0.0775. The Balaban J connectivity index is 1.73. The van der Waals surface area contributed by atoms with E-state index in [4.69, 9.17) is 0 Å². The van der Waals surface area contributed by atoms with Gasteiger partial charge in [0.15, 0.2) is 5.78 Å². The van der Waals surface area contributed by atoms with Crippen LogP contribution in [-0.2, 0) is 9.59 Å². The third-order valence-electron chi connectivity index (χ3n) is 8.08. The van der Waals surface area contributed by atoms with Gasteiger partial charge < -0.3 is 5.11 Å². The minimum atomic E-state index is -0.554. The van der Waals surface area contributed by atoms with Crippen LogP contribution in [0.3, 0.4) is 0 Å². The van der Waals surface area contributed by atoms with E-state index in [9.17, 15) is 14.7 Å². The first-order chi connectivity index (χ1) is 10.8. The highest BCUT2D eigenvalue weighted by molar-refractivity contribution is 5.92. The van der Waals surface area contributed by atoms with Gasteiger partial charge >= 0.3 is 0 Å². The summed E-state index contributed by atoms with van der Waals surface area (Å²) in [6, 6.07) is 0. The Labute approximate surface area is 138 Å². The summed E-state index contributed by atoms with van der Waals surface area (Å²) in [5, 5.41) is 10.8. The van der Waals surface area contributed by atoms with Gasteiger partial charge in [-0.3, -0.25) is 9.59 Å². The molecule has 23 heavy (non-hydrogen) atoms. The maximum absolute atomic E-state index is 12.7. The first kappa shape index (κ1) is 15.6. The molecule has 0 spiro atoms. The molecule has 0 aromatic rings. The Hall–Kier alpha value is -0.960. The van der Waals surface area contributed by atoms with E-state index in [-0.39, 0.29) is 29.0 Å². The summed E-state index contributed by atoms with van der Waals surface area (Å²) in [4.78, 5) is 24.6. The van der Waals surface area contributed by atoms with Crippen molar-refractivity contribution in [1.82, 2.24) is 0 Å². The van der Waals surface area contributed by atoms with Crippen LogP contribution in [0, 0.1) is 34.5 Å². The highest BCUT2D eigenvalue weighted by Gasteiger charge is 2.62. The van der Waals surface area contributed by atoms with Gasteiger partial charge in [0.05, 0.1) is 6.10 Å². The van der Waals surface area contributed by atoms with Crippen molar-refractivity contribution in [2.24, 2.45) is 34.5 Å². The topological polar surface area (TPSA) is 54.4 Å². The lowest BCUT2D eigenvalue weighted by molar-refractivity contribution is -0.138. The Kier molecular flexibility index (Phi) is 3.23. The lowest BCUT2D eigenvalue weighted by Crippen LogP contribution is -2.55. The molecule has 0 aromatic carbocycles. The van der Waals surface area contributed by atoms with Crippen molar-refractivity contribution in [3.8, 4) is 0 Å². The lowest BCUT2D eigenvalue weighted by atomic mass is 9.47. The lowest BCUT2D eigenvalue weighted by Gasteiger charge is -2.58. The summed E-state index contributed by atoms with van der Waals surface area (Å²) >= 11 is 0. The molecular weight excluding hydrogens is 288 g/mol. The fourth-order valence-electron chi connectivity index (χ4n) is 6.72. The Morgan fingerprint density at radius 3 is 2.65 bits per heavy atom. The largest absolute Gasteiger partial charge is 0.392 e. The van der Waals surface area contributed by atoms with Gasteiger partial charge in [-0.05, 0) is 55.9 Å². The first-order valence-corrected chi connectivity index (χ1v) is 9.24. The maximum Gasteiger partial charge on any atom is 0.158 e. The van der Waals surface area contributed by atoms with Gasteiger partial charge in [0, 0.05) is 23.2 Å². The summed E-state index contributed by atoms with van der Waals surface area (Å²) in [7, 11) is 0. The van der Waals surface area contributed by atoms with E-state index in [1.807, 2.05) is 6.08 Å². The smallest absolute Gasteiger partial charge is 0.158 e. The molecule has 126 valence electrons. The molecule has 0 bridgehead atoms. The van der Waals surface area contributed by atoms with E-state index >= 15 is 0 Å². The van der Waals surface area contributed by atoms with E-state index < -0.39 is 6.10 Å². The quantitative estimate of drug-likeness (QED) is 0.746. The van der Waals surface area contributed by atoms with Crippen molar-refractivity contribution in [2.75, 3.05) is 0 Å². The molecule has 2 unspecified atom stereocenters. The van der Waals surface area contributed by atoms with E-state index in [2.05, 4.69) is 20.8 Å². The molecule has 1 N–H and O–H groups in total. The van der Waals surface area contributed by atoms with Crippen molar-refractivity contribution in [2.45, 2.75) is 65.4 Å². The number of Topliss-reactive ketones (excluding diaryl/α,β-unsaturated/α-hetero) is 1. The zero-order valence-corrected chi connectivity index (χ0v) is 14.5. The molecule has 0 aliphatic heterocycles. The summed E-state index contributed by atoms with van der Waals surface area (Å²) in [5.74, 6) is 2.13. The monoisotopic (exact) mass is 316 g/mol. The highest BCUT2D eigenvalue weighted by Crippen LogP contribution is 2.65. The van der Waals surface area contributed by atoms with E-state index in [1.54, 1.807) is 0 Å². The molecule has 0 amide bonds. The second kappa shape index (κ2) is 4.78. The van der Waals surface area contributed by atoms with Gasteiger partial charge in [0.2, 0.25) is 0 Å². The van der Waals surface area contributed by atoms with Crippen LogP contribution in [0.1, 0.15) is 59.3 Å². The molecule has 3 nitrogen and oxygen atoms in total. The molecule has 3 fully saturated rings. The summed E-state index contributed by atoms with van der Waals surface area (Å²) in [6.07, 6.45) is 6.49. The standard InChI is InChI=1S/C20H28O3/c1-11-8-16-14-5-4-12-9-13(21)10-17(22)20(12,3)15(14)6-7-19(16,2)18(11)23/h9,11,14-17,22H,4-8,10H2,1-3H3/t11?,14-,15-,16+,17?,19+,20+/m1/s1. The fraction of sp³-hybridized carbons (Fsp3) is 0.800. The molecule has 0 heterocycles. The van der Waals surface area contributed by atoms with Crippen LogP contribution in [0.2, 0.25) is 0 Å². The molecule has 4 aliphatic rings. The predicted octanol–water partition coefficient (Wildman–Crippen LogP) is 3.30. The number of hydrogen-bond acceptors (Lipinski definition) is 3. The van der Waals surface area contributed by atoms with E-state index in [1.165, 1.54) is 5.57 Å². The third-order valence-corrected chi connectivity index (χ3v) is 8.08. The molecule has 4 aliphatic carbocycles. The summed E-state index contributed by atoms with van der Waals surface area (Å²) < 4.78 is 0. The Morgan fingerprint density at radius 2 is 1.91 bits per heavy atom. The zero-order chi connectivity index (χ0) is 16.6. The molecule has 3 heteroatoms. The number of hydrogen-bond donors (Lipinski definition) is 1. The molecule has 0 aromatic heterocycles. The van der Waals surface area contributed by atoms with Crippen LogP contribution in [0.25, 0.3) is 0 Å². The van der Waals surface area contributed by atoms with E-state index in [0.29, 0.717) is 23.5 Å². The normalized spacial score (nSPS) is 52.5. The average molecular weight is 316 g/mol. The van der Waals surface area contributed by atoms with Crippen LogP contribution in [0.5, 0.6) is 0 Å². The molecule has 4 rings (SSSR count). The number of rotatable bonds is 0. The number of carbonyl (C=O) groups is 2. The van der Waals surface area contributed by atoms with Crippen LogP contribution in [0.15, 0.2) is 11.6 Å². The molecule has 3 saturated carbocycles. The van der Waals surface area contributed by atoms with Crippen molar-refractivity contribution >= 4 is 11.6 Å². The minimum Gasteiger partial charge on any atom is -0.392 e. The highest BCUT2D eigenvalue weighted by atomic mass is 16.3. The second-order valence-electron chi connectivity index (χ2n) is 9.01. The number of fused-ring (bicyclic) bond motifs is 5. The SMILES string of the molecule is CC1C[C@H]2[C@@H]3CCC4=CC(=O)CC(O)[C@]4(C)[C@@H]3CC[C@]2(C)C1=O. The Morgan fingerprint density at radius 1 is 1.17 bits per heavy atom. The molecule has 0 radical (unpaired) electrons. The van der Waals surface area contributed by atoms with Gasteiger partial charge in [0.1, 0.15) is 5.78 Å². The summed E-state index contributed by atoms with van der Waals surface area (Å²) in [6.45, 7) is 6.45. The predicted molar refractivity (Wildman–Crippen MR) is 87.7 cm³/mol. The van der Waals surface area contributed by atoms with Crippen LogP contribution in [-0.4, -0.2) is 22.8 Å². The van der Waals surface area contributed by atoms with Crippen molar-refractivity contribution in [1.29, 1.82) is 0 Å². The van der Waals surface area contributed by atoms with Crippen molar-refractivity contribution in [3.05, 3.63) is 11.6 Å². The average Bonchev–Trinajstić information content (AvgIpc) is 2.73.